The van der Waals surface area contributed by atoms with Gasteiger partial charge in [0.15, 0.2) is 0 Å². The maximum atomic E-state index is 12.4. The summed E-state index contributed by atoms with van der Waals surface area (Å²) in [6.45, 7) is 5.41. The molecule has 0 aromatic heterocycles. The lowest BCUT2D eigenvalue weighted by Crippen LogP contribution is -2.49. The van der Waals surface area contributed by atoms with Gasteiger partial charge in [-0.1, -0.05) is 30.3 Å². The highest BCUT2D eigenvalue weighted by Gasteiger charge is 2.31. The molecule has 1 aromatic carbocycles. The van der Waals surface area contributed by atoms with E-state index >= 15 is 0 Å². The van der Waals surface area contributed by atoms with Crippen molar-refractivity contribution in [2.24, 2.45) is 0 Å². The molecular formula is C17H26N2O3. The summed E-state index contributed by atoms with van der Waals surface area (Å²) in [7, 11) is 4.97. The molecule has 1 atom stereocenters. The second kappa shape index (κ2) is 7.29. The minimum Gasteiger partial charge on any atom is -0.444 e. The van der Waals surface area contributed by atoms with Crippen LogP contribution in [-0.4, -0.2) is 54.6 Å². The van der Waals surface area contributed by atoms with Gasteiger partial charge in [0.2, 0.25) is 5.91 Å². The van der Waals surface area contributed by atoms with Gasteiger partial charge in [-0.3, -0.25) is 9.69 Å². The predicted octanol–water partition coefficient (Wildman–Crippen LogP) is 2.55. The Balaban J connectivity index is 2.95. The van der Waals surface area contributed by atoms with Crippen molar-refractivity contribution < 1.29 is 14.3 Å². The summed E-state index contributed by atoms with van der Waals surface area (Å²) in [6, 6.07) is 9.05. The van der Waals surface area contributed by atoms with Crippen LogP contribution in [0.15, 0.2) is 30.3 Å². The lowest BCUT2D eigenvalue weighted by molar-refractivity contribution is -0.133. The van der Waals surface area contributed by atoms with E-state index in [0.29, 0.717) is 6.42 Å². The topological polar surface area (TPSA) is 49.9 Å². The third-order valence-corrected chi connectivity index (χ3v) is 3.15. The zero-order valence-corrected chi connectivity index (χ0v) is 14.3. The Morgan fingerprint density at radius 1 is 1.09 bits per heavy atom. The summed E-state index contributed by atoms with van der Waals surface area (Å²) in [5, 5.41) is 0. The van der Waals surface area contributed by atoms with E-state index in [4.69, 9.17) is 4.74 Å². The van der Waals surface area contributed by atoms with Crippen molar-refractivity contribution in [3.05, 3.63) is 35.9 Å². The maximum Gasteiger partial charge on any atom is 0.410 e. The fourth-order valence-electron chi connectivity index (χ4n) is 1.99. The first kappa shape index (κ1) is 18.0. The molecule has 0 aliphatic carbocycles. The van der Waals surface area contributed by atoms with Crippen LogP contribution in [0.4, 0.5) is 4.79 Å². The van der Waals surface area contributed by atoms with Crippen molar-refractivity contribution in [3.63, 3.8) is 0 Å². The molecule has 1 aromatic rings. The van der Waals surface area contributed by atoms with Crippen LogP contribution in [0.1, 0.15) is 26.3 Å². The van der Waals surface area contributed by atoms with E-state index in [1.807, 2.05) is 30.3 Å². The van der Waals surface area contributed by atoms with Crippen molar-refractivity contribution in [1.82, 2.24) is 9.80 Å². The number of hydrogen-bond donors (Lipinski definition) is 0. The second-order valence-corrected chi connectivity index (χ2v) is 6.53. The van der Waals surface area contributed by atoms with Crippen molar-refractivity contribution in [2.45, 2.75) is 38.8 Å². The van der Waals surface area contributed by atoms with Gasteiger partial charge in [-0.2, -0.15) is 0 Å². The molecule has 0 N–H and O–H groups in total. The number of likely N-dealkylation sites (N-methyl/N-ethyl adjacent to an activating group) is 2. The van der Waals surface area contributed by atoms with E-state index in [2.05, 4.69) is 0 Å². The zero-order valence-electron chi connectivity index (χ0n) is 14.3. The van der Waals surface area contributed by atoms with Crippen LogP contribution in [0.25, 0.3) is 0 Å². The van der Waals surface area contributed by atoms with Gasteiger partial charge < -0.3 is 9.64 Å². The predicted molar refractivity (Wildman–Crippen MR) is 86.6 cm³/mol. The molecule has 5 heteroatoms. The van der Waals surface area contributed by atoms with Crippen LogP contribution in [0, 0.1) is 0 Å². The highest BCUT2D eigenvalue weighted by Crippen LogP contribution is 2.15. The molecule has 0 radical (unpaired) electrons. The molecule has 0 spiro atoms. The number of ether oxygens (including phenoxy) is 1. The van der Waals surface area contributed by atoms with E-state index in [1.54, 1.807) is 41.9 Å². The Labute approximate surface area is 132 Å². The molecular weight excluding hydrogens is 280 g/mol. The van der Waals surface area contributed by atoms with Gasteiger partial charge in [0.25, 0.3) is 0 Å². The lowest BCUT2D eigenvalue weighted by atomic mass is 10.0. The van der Waals surface area contributed by atoms with Gasteiger partial charge >= 0.3 is 6.09 Å². The van der Waals surface area contributed by atoms with Crippen LogP contribution >= 0.6 is 0 Å². The average Bonchev–Trinajstić information content (AvgIpc) is 2.42. The first-order valence-electron chi connectivity index (χ1n) is 7.32. The number of hydrogen-bond acceptors (Lipinski definition) is 3. The fraction of sp³-hybridized carbons (Fsp3) is 0.529. The monoisotopic (exact) mass is 306 g/mol. The van der Waals surface area contributed by atoms with Crippen LogP contribution in [0.5, 0.6) is 0 Å². The normalized spacial score (nSPS) is 12.5. The van der Waals surface area contributed by atoms with Gasteiger partial charge in [0, 0.05) is 27.6 Å². The third kappa shape index (κ3) is 5.39. The number of benzene rings is 1. The standard InChI is InChI=1S/C17H26N2O3/c1-17(2,3)22-16(21)19(6)14(15(20)18(4)5)12-13-10-8-7-9-11-13/h7-11,14H,12H2,1-6H3. The maximum absolute atomic E-state index is 12.4. The van der Waals surface area contributed by atoms with Gasteiger partial charge in [0.05, 0.1) is 0 Å². The van der Waals surface area contributed by atoms with E-state index < -0.39 is 17.7 Å². The molecule has 0 fully saturated rings. The molecule has 122 valence electrons. The lowest BCUT2D eigenvalue weighted by Gasteiger charge is -2.31. The summed E-state index contributed by atoms with van der Waals surface area (Å²) < 4.78 is 5.36. The second-order valence-electron chi connectivity index (χ2n) is 6.53. The molecule has 1 rings (SSSR count). The Morgan fingerprint density at radius 2 is 1.64 bits per heavy atom. The number of rotatable bonds is 4. The number of carbonyl (C=O) groups excluding carboxylic acids is 2. The smallest absolute Gasteiger partial charge is 0.410 e. The summed E-state index contributed by atoms with van der Waals surface area (Å²) in [5.74, 6) is -0.128. The number of amides is 2. The van der Waals surface area contributed by atoms with Crippen LogP contribution in [0.2, 0.25) is 0 Å². The first-order valence-corrected chi connectivity index (χ1v) is 7.32. The Hall–Kier alpha value is -2.04. The van der Waals surface area contributed by atoms with E-state index in [-0.39, 0.29) is 5.91 Å². The highest BCUT2D eigenvalue weighted by atomic mass is 16.6. The van der Waals surface area contributed by atoms with Gasteiger partial charge in [-0.15, -0.1) is 0 Å². The molecule has 0 bridgehead atoms. The van der Waals surface area contributed by atoms with E-state index in [1.165, 1.54) is 9.80 Å². The third-order valence-electron chi connectivity index (χ3n) is 3.15. The van der Waals surface area contributed by atoms with Crippen molar-refractivity contribution >= 4 is 12.0 Å². The number of carbonyl (C=O) groups is 2. The molecule has 0 aliphatic rings. The molecule has 0 aliphatic heterocycles. The van der Waals surface area contributed by atoms with Crippen molar-refractivity contribution in [3.8, 4) is 0 Å². The Bertz CT molecular complexity index is 506. The molecule has 1 unspecified atom stereocenters. The van der Waals surface area contributed by atoms with Gasteiger partial charge in [0.1, 0.15) is 11.6 Å². The molecule has 0 heterocycles. The van der Waals surface area contributed by atoms with Crippen molar-refractivity contribution in [1.29, 1.82) is 0 Å². The number of nitrogens with zero attached hydrogens (tertiary/aromatic N) is 2. The van der Waals surface area contributed by atoms with E-state index in [9.17, 15) is 9.59 Å². The molecule has 5 nitrogen and oxygen atoms in total. The quantitative estimate of drug-likeness (QED) is 0.859. The van der Waals surface area contributed by atoms with Crippen LogP contribution < -0.4 is 0 Å². The SMILES string of the molecule is CN(C)C(=O)C(Cc1ccccc1)N(C)C(=O)OC(C)(C)C. The minimum absolute atomic E-state index is 0.128. The first-order chi connectivity index (χ1) is 10.1. The highest BCUT2D eigenvalue weighted by molar-refractivity contribution is 5.85. The Morgan fingerprint density at radius 3 is 2.09 bits per heavy atom. The largest absolute Gasteiger partial charge is 0.444 e. The molecule has 0 saturated carbocycles. The molecule has 2 amide bonds. The minimum atomic E-state index is -0.593. The van der Waals surface area contributed by atoms with Gasteiger partial charge in [-0.05, 0) is 26.3 Å². The van der Waals surface area contributed by atoms with Crippen LogP contribution in [-0.2, 0) is 16.0 Å². The molecule has 0 saturated heterocycles. The summed E-state index contributed by atoms with van der Waals surface area (Å²) in [6.07, 6.45) is -0.0447. The Kier molecular flexibility index (Phi) is 5.97. The van der Waals surface area contributed by atoms with Crippen LogP contribution in [0.3, 0.4) is 0 Å². The zero-order chi connectivity index (χ0) is 16.9. The van der Waals surface area contributed by atoms with Gasteiger partial charge in [-0.25, -0.2) is 4.79 Å². The fourth-order valence-corrected chi connectivity index (χ4v) is 1.99. The summed E-state index contributed by atoms with van der Waals surface area (Å²) >= 11 is 0. The summed E-state index contributed by atoms with van der Waals surface area (Å²) in [4.78, 5) is 27.6. The van der Waals surface area contributed by atoms with Crippen molar-refractivity contribution in [2.75, 3.05) is 21.1 Å². The molecule has 22 heavy (non-hydrogen) atoms. The van der Waals surface area contributed by atoms with E-state index in [0.717, 1.165) is 5.56 Å². The average molecular weight is 306 g/mol. The summed E-state index contributed by atoms with van der Waals surface area (Å²) in [5.41, 5.74) is 0.405.